The highest BCUT2D eigenvalue weighted by Gasteiger charge is 2.00. The van der Waals surface area contributed by atoms with Gasteiger partial charge in [0.1, 0.15) is 5.82 Å². The number of rotatable bonds is 3. The van der Waals surface area contributed by atoms with Gasteiger partial charge in [0.25, 0.3) is 0 Å². The van der Waals surface area contributed by atoms with Crippen molar-refractivity contribution in [2.24, 2.45) is 0 Å². The van der Waals surface area contributed by atoms with Gasteiger partial charge >= 0.3 is 0 Å². The van der Waals surface area contributed by atoms with Gasteiger partial charge in [-0.3, -0.25) is 0 Å². The van der Waals surface area contributed by atoms with Gasteiger partial charge in [-0.05, 0) is 6.42 Å². The first-order valence-corrected chi connectivity index (χ1v) is 6.19. The summed E-state index contributed by atoms with van der Waals surface area (Å²) in [6.07, 6.45) is 2.96. The molecule has 2 aromatic heterocycles. The van der Waals surface area contributed by atoms with Crippen LogP contribution in [0.3, 0.4) is 0 Å². The molecule has 2 rings (SSSR count). The Bertz CT molecular complexity index is 514. The lowest BCUT2D eigenvalue weighted by Crippen LogP contribution is -2.06. The average Bonchev–Trinajstić information content (AvgIpc) is 2.34. The number of hydrogen-bond donors (Lipinski definition) is 5. The maximum atomic E-state index is 5.39. The molecule has 0 aromatic carbocycles. The second kappa shape index (κ2) is 7.57. The SMILES string of the molecule is CCCCc1nc(N)nc(N)n1.Nc1nc(N)nc(N)n1. The Morgan fingerprint density at radius 1 is 0.619 bits per heavy atom. The molecular weight excluding hydrogens is 274 g/mol. The minimum absolute atomic E-state index is 0.0417. The van der Waals surface area contributed by atoms with Crippen molar-refractivity contribution in [2.75, 3.05) is 28.7 Å². The van der Waals surface area contributed by atoms with E-state index >= 15 is 0 Å². The number of unbranched alkanes of at least 4 members (excludes halogenated alkanes) is 1. The van der Waals surface area contributed by atoms with Crippen LogP contribution >= 0.6 is 0 Å². The molecule has 0 saturated carbocycles. The Morgan fingerprint density at radius 2 is 0.952 bits per heavy atom. The van der Waals surface area contributed by atoms with Crippen molar-refractivity contribution < 1.29 is 0 Å². The molecule has 2 heterocycles. The highest BCUT2D eigenvalue weighted by molar-refractivity contribution is 5.33. The standard InChI is InChI=1S/C7H13N5.C3H6N6/c1-2-3-4-5-10-6(8)12-7(9)11-5;4-1-7-2(5)9-3(6)8-1/h2-4H2,1H3,(H4,8,9,10,11,12);(H6,4,5,6,7,8,9). The molecule has 0 atom stereocenters. The fourth-order valence-electron chi connectivity index (χ4n) is 1.33. The molecule has 0 unspecified atom stereocenters. The van der Waals surface area contributed by atoms with Crippen LogP contribution in [0, 0.1) is 0 Å². The van der Waals surface area contributed by atoms with Crippen LogP contribution in [0.5, 0.6) is 0 Å². The minimum atomic E-state index is 0.0417. The summed E-state index contributed by atoms with van der Waals surface area (Å²) >= 11 is 0. The van der Waals surface area contributed by atoms with Crippen LogP contribution in [-0.4, -0.2) is 29.9 Å². The molecule has 114 valence electrons. The zero-order chi connectivity index (χ0) is 15.8. The van der Waals surface area contributed by atoms with Crippen molar-refractivity contribution in [1.82, 2.24) is 29.9 Å². The third-order valence-corrected chi connectivity index (χ3v) is 2.16. The van der Waals surface area contributed by atoms with E-state index in [1.165, 1.54) is 0 Å². The van der Waals surface area contributed by atoms with Crippen molar-refractivity contribution in [1.29, 1.82) is 0 Å². The molecule has 11 heteroatoms. The zero-order valence-corrected chi connectivity index (χ0v) is 11.7. The second-order valence-corrected chi connectivity index (χ2v) is 3.98. The van der Waals surface area contributed by atoms with Crippen LogP contribution in [0.2, 0.25) is 0 Å². The van der Waals surface area contributed by atoms with Crippen LogP contribution in [0.1, 0.15) is 25.6 Å². The van der Waals surface area contributed by atoms with Crippen LogP contribution in [0.15, 0.2) is 0 Å². The van der Waals surface area contributed by atoms with Gasteiger partial charge in [-0.2, -0.15) is 29.9 Å². The summed E-state index contributed by atoms with van der Waals surface area (Å²) in [6.45, 7) is 2.11. The molecule has 0 radical (unpaired) electrons. The van der Waals surface area contributed by atoms with Crippen LogP contribution in [0.4, 0.5) is 29.7 Å². The van der Waals surface area contributed by atoms with Gasteiger partial charge in [-0.1, -0.05) is 13.3 Å². The molecular formula is C10H19N11. The van der Waals surface area contributed by atoms with E-state index in [2.05, 4.69) is 36.8 Å². The Morgan fingerprint density at radius 3 is 1.29 bits per heavy atom. The van der Waals surface area contributed by atoms with E-state index in [0.717, 1.165) is 19.3 Å². The van der Waals surface area contributed by atoms with E-state index in [1.54, 1.807) is 0 Å². The first-order valence-electron chi connectivity index (χ1n) is 6.19. The van der Waals surface area contributed by atoms with Gasteiger partial charge < -0.3 is 28.7 Å². The third-order valence-electron chi connectivity index (χ3n) is 2.16. The van der Waals surface area contributed by atoms with Gasteiger partial charge in [0, 0.05) is 6.42 Å². The van der Waals surface area contributed by atoms with Crippen molar-refractivity contribution in [3.63, 3.8) is 0 Å². The minimum Gasteiger partial charge on any atom is -0.368 e. The zero-order valence-electron chi connectivity index (χ0n) is 11.7. The van der Waals surface area contributed by atoms with Gasteiger partial charge in [-0.25, -0.2) is 0 Å². The number of nitrogens with two attached hydrogens (primary N) is 5. The van der Waals surface area contributed by atoms with E-state index in [4.69, 9.17) is 28.7 Å². The van der Waals surface area contributed by atoms with Crippen molar-refractivity contribution in [3.05, 3.63) is 5.82 Å². The first-order chi connectivity index (χ1) is 9.90. The average molecular weight is 293 g/mol. The Balaban J connectivity index is 0.000000219. The van der Waals surface area contributed by atoms with Gasteiger partial charge in [0.05, 0.1) is 0 Å². The molecule has 11 nitrogen and oxygen atoms in total. The lowest BCUT2D eigenvalue weighted by atomic mass is 10.2. The summed E-state index contributed by atoms with van der Waals surface area (Å²) in [4.78, 5) is 22.0. The lowest BCUT2D eigenvalue weighted by Gasteiger charge is -1.99. The number of hydrogen-bond acceptors (Lipinski definition) is 11. The van der Waals surface area contributed by atoms with Crippen molar-refractivity contribution in [3.8, 4) is 0 Å². The van der Waals surface area contributed by atoms with E-state index in [9.17, 15) is 0 Å². The molecule has 10 N–H and O–H groups in total. The van der Waals surface area contributed by atoms with Crippen LogP contribution < -0.4 is 28.7 Å². The smallest absolute Gasteiger partial charge is 0.226 e. The molecule has 0 bridgehead atoms. The summed E-state index contributed by atoms with van der Waals surface area (Å²) < 4.78 is 0. The summed E-state index contributed by atoms with van der Waals surface area (Å²) in [5.74, 6) is 1.21. The predicted octanol–water partition coefficient (Wildman–Crippen LogP) is -1.00. The third kappa shape index (κ3) is 6.13. The maximum Gasteiger partial charge on any atom is 0.226 e. The normalized spacial score (nSPS) is 9.76. The summed E-state index contributed by atoms with van der Waals surface area (Å²) in [7, 11) is 0. The number of nitrogen functional groups attached to an aromatic ring is 5. The first kappa shape index (κ1) is 16.1. The Labute approximate surface area is 121 Å². The van der Waals surface area contributed by atoms with Crippen LogP contribution in [0.25, 0.3) is 0 Å². The van der Waals surface area contributed by atoms with E-state index in [-0.39, 0.29) is 29.7 Å². The van der Waals surface area contributed by atoms with Crippen molar-refractivity contribution in [2.45, 2.75) is 26.2 Å². The number of aromatic nitrogens is 6. The molecule has 0 aliphatic rings. The molecule has 0 aliphatic carbocycles. The molecule has 0 aliphatic heterocycles. The highest BCUT2D eigenvalue weighted by Crippen LogP contribution is 2.02. The molecule has 0 saturated heterocycles. The fraction of sp³-hybridized carbons (Fsp3) is 0.400. The monoisotopic (exact) mass is 293 g/mol. The second-order valence-electron chi connectivity index (χ2n) is 3.98. The van der Waals surface area contributed by atoms with Gasteiger partial charge in [0.2, 0.25) is 29.7 Å². The van der Waals surface area contributed by atoms with Crippen LogP contribution in [-0.2, 0) is 6.42 Å². The van der Waals surface area contributed by atoms with E-state index in [1.807, 2.05) is 0 Å². The number of nitrogens with zero attached hydrogens (tertiary/aromatic N) is 6. The summed E-state index contributed by atoms with van der Waals surface area (Å²) in [5, 5.41) is 0. The van der Waals surface area contributed by atoms with E-state index in [0.29, 0.717) is 5.82 Å². The van der Waals surface area contributed by atoms with Crippen molar-refractivity contribution >= 4 is 29.7 Å². The largest absolute Gasteiger partial charge is 0.368 e. The van der Waals surface area contributed by atoms with Gasteiger partial charge in [-0.15, -0.1) is 0 Å². The summed E-state index contributed by atoms with van der Waals surface area (Å²) in [5.41, 5.74) is 26.2. The van der Waals surface area contributed by atoms with E-state index < -0.39 is 0 Å². The number of anilines is 5. The topological polar surface area (TPSA) is 207 Å². The predicted molar refractivity (Wildman–Crippen MR) is 80.3 cm³/mol. The lowest BCUT2D eigenvalue weighted by molar-refractivity contribution is 0.749. The Kier molecular flexibility index (Phi) is 5.80. The molecule has 0 spiro atoms. The fourth-order valence-corrected chi connectivity index (χ4v) is 1.33. The maximum absolute atomic E-state index is 5.39. The highest BCUT2D eigenvalue weighted by atomic mass is 15.2. The molecule has 2 aromatic rings. The Hall–Kier alpha value is -2.98. The van der Waals surface area contributed by atoms with Gasteiger partial charge in [0.15, 0.2) is 0 Å². The number of aryl methyl sites for hydroxylation is 1. The molecule has 0 amide bonds. The molecule has 0 fully saturated rings. The summed E-state index contributed by atoms with van der Waals surface area (Å²) in [6, 6.07) is 0. The molecule has 21 heavy (non-hydrogen) atoms. The quantitative estimate of drug-likeness (QED) is 0.463.